The highest BCUT2D eigenvalue weighted by molar-refractivity contribution is 5.93. The summed E-state index contributed by atoms with van der Waals surface area (Å²) in [5.74, 6) is -0.359. The normalized spacial score (nSPS) is 44.5. The lowest BCUT2D eigenvalue weighted by molar-refractivity contribution is -0.396. The lowest BCUT2D eigenvalue weighted by Crippen LogP contribution is -2.68. The van der Waals surface area contributed by atoms with Gasteiger partial charge >= 0.3 is 11.9 Å². The van der Waals surface area contributed by atoms with Crippen LogP contribution in [0.3, 0.4) is 0 Å². The van der Waals surface area contributed by atoms with Crippen LogP contribution in [0.2, 0.25) is 0 Å². The van der Waals surface area contributed by atoms with Crippen molar-refractivity contribution in [3.8, 4) is 5.75 Å². The Hall–Kier alpha value is -4.46. The molecule has 2 aromatic rings. The van der Waals surface area contributed by atoms with Crippen molar-refractivity contribution in [1.82, 2.24) is 0 Å². The van der Waals surface area contributed by atoms with Crippen LogP contribution in [0.25, 0.3) is 0 Å². The minimum Gasteiger partial charge on any atom is -0.457 e. The maximum absolute atomic E-state index is 12.7. The Morgan fingerprint density at radius 3 is 0.880 bits per heavy atom. The maximum atomic E-state index is 12.7. The van der Waals surface area contributed by atoms with Gasteiger partial charge in [-0.15, -0.1) is 12.4 Å². The van der Waals surface area contributed by atoms with Gasteiger partial charge < -0.3 is 194 Å². The number of carbonyl (C=O) groups excluding carboxylic acids is 2. The maximum Gasteiger partial charge on any atom is 0.342 e. The van der Waals surface area contributed by atoms with Crippen LogP contribution < -0.4 is 16.2 Å². The molecule has 0 spiro atoms. The number of aliphatic imine (C=N–C) groups is 1. The molecular formula is C65H98ClN3O39. The van der Waals surface area contributed by atoms with Crippen molar-refractivity contribution in [3.05, 3.63) is 65.7 Å². The van der Waals surface area contributed by atoms with Gasteiger partial charge in [0.1, 0.15) is 189 Å². The molecule has 24 rings (SSSR count). The largest absolute Gasteiger partial charge is 0.457 e. The van der Waals surface area contributed by atoms with E-state index in [1.54, 1.807) is 24.3 Å². The summed E-state index contributed by atoms with van der Waals surface area (Å²) in [4.78, 5) is 29.2. The second-order valence-electron chi connectivity index (χ2n) is 27.1. The molecule has 21 heterocycles. The first-order valence-electron chi connectivity index (χ1n) is 34.7. The van der Waals surface area contributed by atoms with Crippen LogP contribution in [0.4, 0.5) is 0 Å². The standard InChI is InChI=1S/C42H70O35.C23H27N3O4.ClH/c43-1-8-29-15(50)22(57)36(64-8)72-30-9(2-44)66-38(24(59)17(30)52)74-32-11(4-46)68-40(26(61)19(32)54)76-34-13(6-48)70-42(28(63)21(34)56)77-35-14(7-49)69-41(27(62)20(35)55)75-33-12(5-47)67-39(25(60)18(33)53)73-31-10(3-45)65-37(71-29)23(58)16(31)51;24-23(25)26-14-16-10-12-18(13-11-16)21(27)30-20-9-5-4-8-19(20)22(28)29-15-17-6-2-1-3-7-17;/h8-63H,1-7H2;1-9,16,18H,10-15H2,(H4,24,25,26);1H/t8-,9-,10-,11-,12-,13-,14-,15-,16-,17-,18-,19-,20+,21+,22-,23-,24-,25-,26-,27+,28+,29-,30-,31-,32-,33-,34-,35-,36-,37-,38-,39-,40-,41-,42-;;/m1../s1. The highest BCUT2D eigenvalue weighted by atomic mass is 35.5. The van der Waals surface area contributed by atoms with E-state index in [2.05, 4.69) is 4.99 Å². The Balaban J connectivity index is 0.000000362. The van der Waals surface area contributed by atoms with E-state index in [0.29, 0.717) is 25.3 Å². The third-order valence-electron chi connectivity index (χ3n) is 20.0. The second kappa shape index (κ2) is 39.5. The third kappa shape index (κ3) is 19.7. The number of halogens is 1. The minimum atomic E-state index is -2.21. The average Bonchev–Trinajstić information content (AvgIpc) is 0.778. The summed E-state index contributed by atoms with van der Waals surface area (Å²) in [6, 6.07) is 16.1. The SMILES string of the molecule is Cl.NC(N)=NCC1CCC(C(=O)Oc2ccccc2C(=O)OCc2ccccc2)CC1.OC[C@H]1O[C@@H]2O[C@H]3[C@H](O)[C@@H](O)[C@@H](O[C@H]4[C@H](O)[C@@H](O)[C@@H](O[C@H]5[C@H](O)[C@@H](O)[C@@H](O[C@H]6[C@H](O)[C@@H](O)[C@@H](O[C@H]7[C@@H](O)[C@H](O)[C@@H](O[C@H]8[C@@H](O)[C@H](O)[C@@H](O[C@H]1[C@H](O)[C@H]2O)O[C@@H]8CO)O[C@@H]7CO)O[C@@H]6CO)O[C@@H]5CO)O[C@@H]4CO)O[C@@H]3CO. The van der Waals surface area contributed by atoms with Crippen molar-refractivity contribution in [2.45, 2.75) is 247 Å². The number of nitrogens with two attached hydrogens (primary N) is 2. The van der Waals surface area contributed by atoms with Crippen LogP contribution in [-0.2, 0) is 82.5 Å². The second-order valence-corrected chi connectivity index (χ2v) is 27.1. The van der Waals surface area contributed by atoms with Crippen molar-refractivity contribution < 1.29 is 193 Å². The van der Waals surface area contributed by atoms with E-state index in [0.717, 1.165) is 18.4 Å². The molecule has 21 aliphatic heterocycles. The molecule has 22 fully saturated rings. The Labute approximate surface area is 620 Å². The van der Waals surface area contributed by atoms with Crippen LogP contribution in [0.15, 0.2) is 59.6 Å². The Bertz CT molecular complexity index is 2760. The van der Waals surface area contributed by atoms with Gasteiger partial charge in [0, 0.05) is 6.54 Å². The molecule has 14 bridgehead atoms. The number of hydrogen-bond acceptors (Lipinski definition) is 40. The molecule has 1 aliphatic carbocycles. The summed E-state index contributed by atoms with van der Waals surface area (Å²) in [6.07, 6.45) is -67.1. The first-order chi connectivity index (χ1) is 51.2. The van der Waals surface area contributed by atoms with Crippen LogP contribution in [0.5, 0.6) is 5.75 Å². The molecule has 25 N–H and O–H groups in total. The molecule has 21 saturated heterocycles. The molecule has 0 radical (unpaired) electrons. The predicted octanol–water partition coefficient (Wildman–Crippen LogP) is -11.8. The molecule has 2 aromatic carbocycles. The zero-order valence-electron chi connectivity index (χ0n) is 57.5. The molecule has 43 heteroatoms. The summed E-state index contributed by atoms with van der Waals surface area (Å²) in [5.41, 5.74) is 11.9. The summed E-state index contributed by atoms with van der Waals surface area (Å²) in [5, 5.41) is 230. The summed E-state index contributed by atoms with van der Waals surface area (Å²) < 4.78 is 90.4. The number of carbonyl (C=O) groups is 2. The van der Waals surface area contributed by atoms with Gasteiger partial charge in [-0.1, -0.05) is 42.5 Å². The molecule has 108 heavy (non-hydrogen) atoms. The van der Waals surface area contributed by atoms with Crippen LogP contribution in [-0.4, -0.2) is 393 Å². The number of esters is 2. The van der Waals surface area contributed by atoms with Crippen molar-refractivity contribution in [1.29, 1.82) is 0 Å². The van der Waals surface area contributed by atoms with E-state index in [1.807, 2.05) is 30.3 Å². The average molecular weight is 1580 g/mol. The fraction of sp³-hybridized carbons (Fsp3) is 0.769. The Kier molecular flexibility index (Phi) is 32.0. The number of aliphatic hydroxyl groups is 21. The summed E-state index contributed by atoms with van der Waals surface area (Å²) in [6.45, 7) is -6.59. The van der Waals surface area contributed by atoms with E-state index >= 15 is 0 Å². The Morgan fingerprint density at radius 1 is 0.361 bits per heavy atom. The first-order valence-corrected chi connectivity index (χ1v) is 34.7. The highest BCUT2D eigenvalue weighted by Crippen LogP contribution is 2.40. The monoisotopic (exact) mass is 1580 g/mol. The van der Waals surface area contributed by atoms with E-state index in [-0.39, 0.29) is 48.2 Å². The van der Waals surface area contributed by atoms with Gasteiger partial charge in [0.05, 0.1) is 52.2 Å². The molecule has 42 nitrogen and oxygen atoms in total. The van der Waals surface area contributed by atoms with Crippen LogP contribution in [0, 0.1) is 11.8 Å². The van der Waals surface area contributed by atoms with Gasteiger partial charge in [-0.2, -0.15) is 0 Å². The number of para-hydroxylation sites is 1. The van der Waals surface area contributed by atoms with Gasteiger partial charge in [-0.3, -0.25) is 9.79 Å². The van der Waals surface area contributed by atoms with Crippen molar-refractivity contribution in [3.63, 3.8) is 0 Å². The van der Waals surface area contributed by atoms with E-state index in [1.165, 1.54) is 0 Å². The van der Waals surface area contributed by atoms with Crippen LogP contribution >= 0.6 is 12.4 Å². The molecule has 22 aliphatic rings. The zero-order valence-corrected chi connectivity index (χ0v) is 58.3. The first kappa shape index (κ1) is 87.5. The third-order valence-corrected chi connectivity index (χ3v) is 20.0. The highest BCUT2D eigenvalue weighted by Gasteiger charge is 2.60. The quantitative estimate of drug-likeness (QED) is 0.0361. The molecule has 0 unspecified atom stereocenters. The van der Waals surface area contributed by atoms with Crippen LogP contribution in [0.1, 0.15) is 41.6 Å². The molecule has 1 saturated carbocycles. The van der Waals surface area contributed by atoms with E-state index < -0.39 is 267 Å². The van der Waals surface area contributed by atoms with Crippen molar-refractivity contribution >= 4 is 30.3 Å². The van der Waals surface area contributed by atoms with E-state index in [9.17, 15) is 117 Å². The van der Waals surface area contributed by atoms with Gasteiger partial charge in [-0.25, -0.2) is 4.79 Å². The topological polar surface area (TPSA) is 671 Å². The lowest BCUT2D eigenvalue weighted by Gasteiger charge is -2.50. The number of guanidine groups is 1. The molecule has 0 aromatic heterocycles. The van der Waals surface area contributed by atoms with Gasteiger partial charge in [0.15, 0.2) is 50.0 Å². The van der Waals surface area contributed by atoms with Gasteiger partial charge in [-0.05, 0) is 49.3 Å². The minimum absolute atomic E-state index is 0. The number of rotatable bonds is 14. The number of ether oxygens (including phenoxy) is 16. The predicted molar refractivity (Wildman–Crippen MR) is 349 cm³/mol. The molecule has 0 amide bonds. The number of benzene rings is 2. The molecule has 35 atom stereocenters. The van der Waals surface area contributed by atoms with Gasteiger partial charge in [0.2, 0.25) is 0 Å². The number of nitrogens with zero attached hydrogens (tertiary/aromatic N) is 1. The molecule has 614 valence electrons. The smallest absolute Gasteiger partial charge is 0.342 e. The zero-order chi connectivity index (χ0) is 77.4. The van der Waals surface area contributed by atoms with Crippen molar-refractivity contribution in [2.75, 3.05) is 52.8 Å². The van der Waals surface area contributed by atoms with Crippen molar-refractivity contribution in [2.24, 2.45) is 28.3 Å². The number of hydrogen-bond donors (Lipinski definition) is 23. The fourth-order valence-electron chi connectivity index (χ4n) is 13.9. The fourth-order valence-corrected chi connectivity index (χ4v) is 13.9. The van der Waals surface area contributed by atoms with E-state index in [4.69, 9.17) is 87.3 Å². The summed E-state index contributed by atoms with van der Waals surface area (Å²) in [7, 11) is 0. The number of aliphatic hydroxyl groups excluding tert-OH is 21. The summed E-state index contributed by atoms with van der Waals surface area (Å²) >= 11 is 0. The Morgan fingerprint density at radius 2 is 0.620 bits per heavy atom. The lowest BCUT2D eigenvalue weighted by atomic mass is 9.82. The molecular weight excluding hydrogens is 1480 g/mol. The van der Waals surface area contributed by atoms with Gasteiger partial charge in [0.25, 0.3) is 0 Å².